The molecule has 0 saturated carbocycles. The number of carbonyl (C=O) groups excluding carboxylic acids is 2. The maximum Gasteiger partial charge on any atom is 0.338 e. The summed E-state index contributed by atoms with van der Waals surface area (Å²) in [7, 11) is 0. The lowest BCUT2D eigenvalue weighted by atomic mass is 10.1. The van der Waals surface area contributed by atoms with Gasteiger partial charge in [0.05, 0.1) is 12.2 Å². The number of thiocarbonyl (C=S) groups is 1. The molecule has 0 fully saturated rings. The number of rotatable bonds is 6. The molecule has 6 heteroatoms. The highest BCUT2D eigenvalue weighted by Gasteiger charge is 2.10. The van der Waals surface area contributed by atoms with Gasteiger partial charge in [-0.2, -0.15) is 0 Å². The Bertz CT molecular complexity index is 832. The van der Waals surface area contributed by atoms with Gasteiger partial charge in [-0.25, -0.2) is 4.79 Å². The van der Waals surface area contributed by atoms with Gasteiger partial charge in [0, 0.05) is 11.3 Å². The zero-order chi connectivity index (χ0) is 19.8. The predicted molar refractivity (Wildman–Crippen MR) is 111 cm³/mol. The summed E-state index contributed by atoms with van der Waals surface area (Å²) in [6, 6.07) is 12.2. The Morgan fingerprint density at radius 3 is 2.30 bits per heavy atom. The summed E-state index contributed by atoms with van der Waals surface area (Å²) in [5.74, 6) is -0.618. The van der Waals surface area contributed by atoms with Crippen LogP contribution >= 0.6 is 12.2 Å². The van der Waals surface area contributed by atoms with E-state index in [0.29, 0.717) is 23.4 Å². The minimum Gasteiger partial charge on any atom is -0.462 e. The van der Waals surface area contributed by atoms with E-state index >= 15 is 0 Å². The summed E-state index contributed by atoms with van der Waals surface area (Å²) in [5.41, 5.74) is 3.86. The summed E-state index contributed by atoms with van der Waals surface area (Å²) < 4.78 is 5.17. The number of hydrogen-bond donors (Lipinski definition) is 2. The van der Waals surface area contributed by atoms with Gasteiger partial charge < -0.3 is 10.1 Å². The van der Waals surface area contributed by atoms with Crippen LogP contribution in [0.15, 0.2) is 42.5 Å². The van der Waals surface area contributed by atoms with Gasteiger partial charge in [-0.05, 0) is 80.0 Å². The Morgan fingerprint density at radius 1 is 1.00 bits per heavy atom. The average molecular weight is 385 g/mol. The topological polar surface area (TPSA) is 67.4 Å². The van der Waals surface area contributed by atoms with Gasteiger partial charge in [-0.15, -0.1) is 0 Å². The zero-order valence-corrected chi connectivity index (χ0v) is 16.6. The maximum atomic E-state index is 12.3. The number of anilines is 1. The molecule has 0 aliphatic carbocycles. The number of aryl methyl sites for hydroxylation is 2. The highest BCUT2D eigenvalue weighted by molar-refractivity contribution is 7.80. The molecule has 0 spiro atoms. The molecule has 0 unspecified atom stereocenters. The van der Waals surface area contributed by atoms with Crippen LogP contribution < -0.4 is 10.6 Å². The van der Waals surface area contributed by atoms with E-state index in [1.807, 2.05) is 32.9 Å². The zero-order valence-electron chi connectivity index (χ0n) is 15.8. The van der Waals surface area contributed by atoms with E-state index in [2.05, 4.69) is 10.6 Å². The van der Waals surface area contributed by atoms with Crippen LogP contribution in [0.1, 0.15) is 51.6 Å². The first-order valence-corrected chi connectivity index (χ1v) is 9.28. The van der Waals surface area contributed by atoms with Gasteiger partial charge in [0.1, 0.15) is 0 Å². The Hall–Kier alpha value is -2.73. The van der Waals surface area contributed by atoms with E-state index in [4.69, 9.17) is 17.0 Å². The van der Waals surface area contributed by atoms with Gasteiger partial charge in [0.2, 0.25) is 0 Å². The summed E-state index contributed by atoms with van der Waals surface area (Å²) in [6.07, 6.45) is 1.82. The van der Waals surface area contributed by atoms with Crippen LogP contribution in [0.5, 0.6) is 0 Å². The second-order valence-electron chi connectivity index (χ2n) is 6.27. The minimum absolute atomic E-state index is 0.191. The number of unbranched alkanes of at least 4 members (excludes halogenated alkanes) is 1. The van der Waals surface area contributed by atoms with E-state index in [9.17, 15) is 9.59 Å². The van der Waals surface area contributed by atoms with Crippen molar-refractivity contribution >= 4 is 34.9 Å². The van der Waals surface area contributed by atoms with Gasteiger partial charge in [-0.3, -0.25) is 10.1 Å². The molecule has 2 aromatic rings. The Kier molecular flexibility index (Phi) is 7.49. The molecular formula is C21H24N2O3S. The second kappa shape index (κ2) is 9.83. The minimum atomic E-state index is -0.347. The average Bonchev–Trinajstić information content (AvgIpc) is 2.64. The lowest BCUT2D eigenvalue weighted by Gasteiger charge is -2.11. The van der Waals surface area contributed by atoms with Crippen molar-refractivity contribution in [2.75, 3.05) is 11.9 Å². The quantitative estimate of drug-likeness (QED) is 0.439. The molecule has 0 aliphatic heterocycles. The van der Waals surface area contributed by atoms with Crippen molar-refractivity contribution in [3.05, 3.63) is 64.7 Å². The highest BCUT2D eigenvalue weighted by Crippen LogP contribution is 2.12. The molecule has 27 heavy (non-hydrogen) atoms. The van der Waals surface area contributed by atoms with Gasteiger partial charge in [0.25, 0.3) is 5.91 Å². The molecule has 5 nitrogen and oxygen atoms in total. The smallest absolute Gasteiger partial charge is 0.338 e. The Balaban J connectivity index is 1.90. The normalized spacial score (nSPS) is 10.2. The summed E-state index contributed by atoms with van der Waals surface area (Å²) in [5, 5.41) is 5.78. The SMILES string of the molecule is CCCCOC(=O)c1ccc(NC(=S)NC(=O)c2ccc(C)c(C)c2)cc1. The third-order valence-corrected chi connectivity index (χ3v) is 4.31. The number of benzene rings is 2. The fourth-order valence-electron chi connectivity index (χ4n) is 2.30. The van der Waals surface area contributed by atoms with Gasteiger partial charge >= 0.3 is 5.97 Å². The van der Waals surface area contributed by atoms with Crippen molar-refractivity contribution in [3.8, 4) is 0 Å². The molecule has 2 aromatic carbocycles. The van der Waals surface area contributed by atoms with Crippen LogP contribution in [0.3, 0.4) is 0 Å². The lowest BCUT2D eigenvalue weighted by molar-refractivity contribution is 0.0499. The third-order valence-electron chi connectivity index (χ3n) is 4.11. The fraction of sp³-hybridized carbons (Fsp3) is 0.286. The number of nitrogens with one attached hydrogen (secondary N) is 2. The molecule has 0 atom stereocenters. The van der Waals surface area contributed by atoms with E-state index in [1.165, 1.54) is 0 Å². The van der Waals surface area contributed by atoms with Crippen LogP contribution in [0, 0.1) is 13.8 Å². The molecule has 0 bridgehead atoms. The molecule has 0 saturated heterocycles. The summed E-state index contributed by atoms with van der Waals surface area (Å²) >= 11 is 5.19. The lowest BCUT2D eigenvalue weighted by Crippen LogP contribution is -2.34. The Morgan fingerprint density at radius 2 is 1.67 bits per heavy atom. The number of hydrogen-bond acceptors (Lipinski definition) is 4. The van der Waals surface area contributed by atoms with Crippen molar-refractivity contribution < 1.29 is 14.3 Å². The number of ether oxygens (including phenoxy) is 1. The first kappa shape index (κ1) is 20.6. The predicted octanol–water partition coefficient (Wildman–Crippen LogP) is 4.39. The molecule has 0 aromatic heterocycles. The number of amides is 1. The van der Waals surface area contributed by atoms with E-state index in [-0.39, 0.29) is 17.0 Å². The summed E-state index contributed by atoms with van der Waals surface area (Å²) in [4.78, 5) is 24.2. The number of carbonyl (C=O) groups is 2. The fourth-order valence-corrected chi connectivity index (χ4v) is 2.51. The molecule has 2 rings (SSSR count). The van der Waals surface area contributed by atoms with Crippen LogP contribution in [-0.2, 0) is 4.74 Å². The third kappa shape index (κ3) is 6.18. The second-order valence-corrected chi connectivity index (χ2v) is 6.68. The first-order valence-electron chi connectivity index (χ1n) is 8.87. The van der Waals surface area contributed by atoms with Gasteiger partial charge in [0.15, 0.2) is 5.11 Å². The molecule has 142 valence electrons. The van der Waals surface area contributed by atoms with Crippen LogP contribution in [0.4, 0.5) is 5.69 Å². The van der Waals surface area contributed by atoms with Crippen molar-refractivity contribution in [2.24, 2.45) is 0 Å². The molecule has 0 aliphatic rings. The van der Waals surface area contributed by atoms with Crippen molar-refractivity contribution in [2.45, 2.75) is 33.6 Å². The van der Waals surface area contributed by atoms with E-state index in [0.717, 1.165) is 24.0 Å². The first-order chi connectivity index (χ1) is 12.9. The largest absolute Gasteiger partial charge is 0.462 e. The molecule has 1 amide bonds. The molecule has 2 N–H and O–H groups in total. The standard InChI is InChI=1S/C21H24N2O3S/c1-4-5-12-26-20(25)16-8-10-18(11-9-16)22-21(27)23-19(24)17-7-6-14(2)15(3)13-17/h6-11,13H,4-5,12H2,1-3H3,(H2,22,23,24,27). The molecule has 0 heterocycles. The van der Waals surface area contributed by atoms with Crippen molar-refractivity contribution in [1.29, 1.82) is 0 Å². The van der Waals surface area contributed by atoms with Crippen LogP contribution in [0.2, 0.25) is 0 Å². The van der Waals surface area contributed by atoms with Crippen molar-refractivity contribution in [3.63, 3.8) is 0 Å². The van der Waals surface area contributed by atoms with E-state index < -0.39 is 0 Å². The molecule has 0 radical (unpaired) electrons. The summed E-state index contributed by atoms with van der Waals surface area (Å²) in [6.45, 7) is 6.41. The van der Waals surface area contributed by atoms with Gasteiger partial charge in [-0.1, -0.05) is 19.4 Å². The molecular weight excluding hydrogens is 360 g/mol. The Labute approximate surface area is 165 Å². The monoisotopic (exact) mass is 384 g/mol. The van der Waals surface area contributed by atoms with Crippen LogP contribution in [-0.4, -0.2) is 23.6 Å². The highest BCUT2D eigenvalue weighted by atomic mass is 32.1. The number of esters is 1. The van der Waals surface area contributed by atoms with Crippen LogP contribution in [0.25, 0.3) is 0 Å². The maximum absolute atomic E-state index is 12.3. The van der Waals surface area contributed by atoms with E-state index in [1.54, 1.807) is 30.3 Å². The van der Waals surface area contributed by atoms with Crippen molar-refractivity contribution in [1.82, 2.24) is 5.32 Å².